The van der Waals surface area contributed by atoms with Gasteiger partial charge in [-0.3, -0.25) is 4.57 Å². The number of rotatable bonds is 5. The van der Waals surface area contributed by atoms with E-state index in [-0.39, 0.29) is 5.76 Å². The first-order valence-corrected chi connectivity index (χ1v) is 7.75. The van der Waals surface area contributed by atoms with Gasteiger partial charge in [-0.25, -0.2) is 4.79 Å². The van der Waals surface area contributed by atoms with Gasteiger partial charge in [-0.15, -0.1) is 0 Å². The van der Waals surface area contributed by atoms with Gasteiger partial charge in [-0.05, 0) is 37.0 Å². The third-order valence-corrected chi connectivity index (χ3v) is 4.58. The number of nitrogens with zero attached hydrogens (tertiary/aromatic N) is 1. The molecular weight excluding hydrogens is 306 g/mol. The van der Waals surface area contributed by atoms with E-state index in [1.165, 1.54) is 12.0 Å². The molecule has 0 amide bonds. The Labute approximate surface area is 121 Å². The van der Waals surface area contributed by atoms with Crippen LogP contribution in [0.2, 0.25) is 0 Å². The molecular formula is C15H20BrNO2. The lowest BCUT2D eigenvalue weighted by atomic mass is 9.99. The van der Waals surface area contributed by atoms with E-state index >= 15 is 0 Å². The molecule has 2 atom stereocenters. The minimum atomic E-state index is -0.275. The predicted molar refractivity (Wildman–Crippen MR) is 81.9 cm³/mol. The molecule has 0 fully saturated rings. The minimum Gasteiger partial charge on any atom is -0.408 e. The van der Waals surface area contributed by atoms with E-state index in [9.17, 15) is 4.79 Å². The van der Waals surface area contributed by atoms with Crippen LogP contribution in [0, 0.1) is 5.92 Å². The molecule has 0 N–H and O–H groups in total. The van der Waals surface area contributed by atoms with Gasteiger partial charge in [0.05, 0.1) is 5.52 Å². The van der Waals surface area contributed by atoms with E-state index in [4.69, 9.17) is 4.42 Å². The maximum Gasteiger partial charge on any atom is 0.419 e. The summed E-state index contributed by atoms with van der Waals surface area (Å²) >= 11 is 3.73. The van der Waals surface area contributed by atoms with E-state index in [0.29, 0.717) is 22.9 Å². The standard InChI is InChI=1S/C15H20BrNO2/c1-4-10(3)8-12(16)11-6-7-13-14(9-11)19-15(18)17(13)5-2/h6-7,9-10,12H,4-5,8H2,1-3H3. The molecule has 2 aromatic rings. The van der Waals surface area contributed by atoms with Gasteiger partial charge in [0.25, 0.3) is 0 Å². The third kappa shape index (κ3) is 2.94. The van der Waals surface area contributed by atoms with Crippen molar-refractivity contribution in [1.82, 2.24) is 4.57 Å². The average molecular weight is 326 g/mol. The Morgan fingerprint density at radius 2 is 2.11 bits per heavy atom. The first-order chi connectivity index (χ1) is 9.06. The molecule has 0 radical (unpaired) electrons. The monoisotopic (exact) mass is 325 g/mol. The first-order valence-electron chi connectivity index (χ1n) is 6.84. The first kappa shape index (κ1) is 14.4. The van der Waals surface area contributed by atoms with Crippen LogP contribution in [0.25, 0.3) is 11.1 Å². The van der Waals surface area contributed by atoms with Crippen molar-refractivity contribution >= 4 is 27.0 Å². The van der Waals surface area contributed by atoms with Crippen LogP contribution in [0.4, 0.5) is 0 Å². The molecule has 4 heteroatoms. The number of hydrogen-bond donors (Lipinski definition) is 0. The quantitative estimate of drug-likeness (QED) is 0.759. The lowest BCUT2D eigenvalue weighted by Crippen LogP contribution is -2.11. The highest BCUT2D eigenvalue weighted by Gasteiger charge is 2.14. The second kappa shape index (κ2) is 5.95. The number of benzene rings is 1. The molecule has 1 heterocycles. The molecule has 2 rings (SSSR count). The SMILES string of the molecule is CCC(C)CC(Br)c1ccc2c(c1)oc(=O)n2CC. The second-order valence-corrected chi connectivity index (χ2v) is 6.16. The summed E-state index contributed by atoms with van der Waals surface area (Å²) in [6.07, 6.45) is 2.26. The highest BCUT2D eigenvalue weighted by molar-refractivity contribution is 9.09. The second-order valence-electron chi connectivity index (χ2n) is 5.06. The molecule has 0 saturated heterocycles. The largest absolute Gasteiger partial charge is 0.419 e. The summed E-state index contributed by atoms with van der Waals surface area (Å²) in [5, 5.41) is 0. The molecule has 0 spiro atoms. The van der Waals surface area contributed by atoms with Crippen molar-refractivity contribution in [3.05, 3.63) is 34.3 Å². The van der Waals surface area contributed by atoms with Gasteiger partial charge in [0.2, 0.25) is 0 Å². The van der Waals surface area contributed by atoms with E-state index in [0.717, 1.165) is 11.9 Å². The zero-order valence-corrected chi connectivity index (χ0v) is 13.2. The fraction of sp³-hybridized carbons (Fsp3) is 0.533. The summed E-state index contributed by atoms with van der Waals surface area (Å²) in [7, 11) is 0. The minimum absolute atomic E-state index is 0.275. The van der Waals surface area contributed by atoms with E-state index < -0.39 is 0 Å². The van der Waals surface area contributed by atoms with Gasteiger partial charge in [-0.2, -0.15) is 0 Å². The predicted octanol–water partition coefficient (Wildman–Crippen LogP) is 4.49. The van der Waals surface area contributed by atoms with Crippen molar-refractivity contribution < 1.29 is 4.42 Å². The van der Waals surface area contributed by atoms with Crippen molar-refractivity contribution in [1.29, 1.82) is 0 Å². The van der Waals surface area contributed by atoms with Gasteiger partial charge in [-0.1, -0.05) is 42.3 Å². The van der Waals surface area contributed by atoms with Crippen LogP contribution in [0.3, 0.4) is 0 Å². The van der Waals surface area contributed by atoms with Crippen LogP contribution in [-0.4, -0.2) is 4.57 Å². The Morgan fingerprint density at radius 3 is 2.74 bits per heavy atom. The Balaban J connectivity index is 2.34. The maximum absolute atomic E-state index is 11.7. The number of alkyl halides is 1. The Kier molecular flexibility index (Phi) is 4.50. The van der Waals surface area contributed by atoms with Crippen molar-refractivity contribution in [2.75, 3.05) is 0 Å². The van der Waals surface area contributed by atoms with Gasteiger partial charge < -0.3 is 4.42 Å². The zero-order valence-electron chi connectivity index (χ0n) is 11.6. The van der Waals surface area contributed by atoms with Gasteiger partial charge in [0, 0.05) is 11.4 Å². The van der Waals surface area contributed by atoms with Crippen molar-refractivity contribution in [3.8, 4) is 0 Å². The summed E-state index contributed by atoms with van der Waals surface area (Å²) in [6, 6.07) is 6.03. The van der Waals surface area contributed by atoms with Gasteiger partial charge in [0.1, 0.15) is 0 Å². The summed E-state index contributed by atoms with van der Waals surface area (Å²) in [4.78, 5) is 12.0. The molecule has 2 unspecified atom stereocenters. The van der Waals surface area contributed by atoms with Gasteiger partial charge in [0.15, 0.2) is 5.58 Å². The maximum atomic E-state index is 11.7. The normalized spacial score (nSPS) is 14.7. The lowest BCUT2D eigenvalue weighted by Gasteiger charge is -2.14. The van der Waals surface area contributed by atoms with E-state index in [1.807, 2.05) is 19.1 Å². The highest BCUT2D eigenvalue weighted by atomic mass is 79.9. The van der Waals surface area contributed by atoms with Crippen LogP contribution >= 0.6 is 15.9 Å². The molecule has 0 aliphatic carbocycles. The fourth-order valence-corrected chi connectivity index (χ4v) is 3.16. The number of hydrogen-bond acceptors (Lipinski definition) is 2. The van der Waals surface area contributed by atoms with Crippen LogP contribution in [0.5, 0.6) is 0 Å². The van der Waals surface area contributed by atoms with E-state index in [1.54, 1.807) is 4.57 Å². The number of aromatic nitrogens is 1. The smallest absolute Gasteiger partial charge is 0.408 e. The Hall–Kier alpha value is -1.03. The van der Waals surface area contributed by atoms with E-state index in [2.05, 4.69) is 35.8 Å². The van der Waals surface area contributed by atoms with Crippen LogP contribution in [0.1, 0.15) is 44.0 Å². The summed E-state index contributed by atoms with van der Waals surface area (Å²) in [6.45, 7) is 7.03. The van der Waals surface area contributed by atoms with Crippen LogP contribution in [-0.2, 0) is 6.54 Å². The molecule has 1 aromatic carbocycles. The van der Waals surface area contributed by atoms with Crippen molar-refractivity contribution in [2.24, 2.45) is 5.92 Å². The zero-order chi connectivity index (χ0) is 14.0. The van der Waals surface area contributed by atoms with Gasteiger partial charge >= 0.3 is 5.76 Å². The number of fused-ring (bicyclic) bond motifs is 1. The molecule has 1 aromatic heterocycles. The number of halogens is 1. The van der Waals surface area contributed by atoms with Crippen LogP contribution in [0.15, 0.2) is 27.4 Å². The fourth-order valence-electron chi connectivity index (χ4n) is 2.23. The molecule has 19 heavy (non-hydrogen) atoms. The number of oxazole rings is 1. The molecule has 0 saturated carbocycles. The number of aryl methyl sites for hydroxylation is 1. The molecule has 0 aliphatic heterocycles. The molecule has 0 bridgehead atoms. The Morgan fingerprint density at radius 1 is 1.37 bits per heavy atom. The van der Waals surface area contributed by atoms with Crippen molar-refractivity contribution in [3.63, 3.8) is 0 Å². The third-order valence-electron chi connectivity index (χ3n) is 3.68. The summed E-state index contributed by atoms with van der Waals surface area (Å²) in [5.74, 6) is 0.398. The summed E-state index contributed by atoms with van der Waals surface area (Å²) in [5.41, 5.74) is 2.72. The molecule has 104 valence electrons. The highest BCUT2D eigenvalue weighted by Crippen LogP contribution is 2.32. The molecule has 3 nitrogen and oxygen atoms in total. The average Bonchev–Trinajstić information content (AvgIpc) is 2.72. The Bertz CT molecular complexity index is 614. The van der Waals surface area contributed by atoms with Crippen LogP contribution < -0.4 is 5.76 Å². The van der Waals surface area contributed by atoms with Crippen molar-refractivity contribution in [2.45, 2.75) is 45.0 Å². The topological polar surface area (TPSA) is 35.1 Å². The summed E-state index contributed by atoms with van der Waals surface area (Å²) < 4.78 is 6.95. The lowest BCUT2D eigenvalue weighted by molar-refractivity contribution is 0.509. The molecule has 0 aliphatic rings.